The van der Waals surface area contributed by atoms with Gasteiger partial charge in [-0.15, -0.1) is 0 Å². The van der Waals surface area contributed by atoms with Crippen LogP contribution >= 0.6 is 0 Å². The fraction of sp³-hybridized carbons (Fsp3) is 0. The molecule has 2 heteroatoms. The molecular formula is C68H48N2. The molecule has 0 heterocycles. The van der Waals surface area contributed by atoms with Crippen LogP contribution < -0.4 is 9.80 Å². The predicted octanol–water partition coefficient (Wildman–Crippen LogP) is 19.3. The van der Waals surface area contributed by atoms with E-state index in [2.05, 4.69) is 301 Å². The van der Waals surface area contributed by atoms with E-state index in [1.807, 2.05) is 0 Å². The summed E-state index contributed by atoms with van der Waals surface area (Å²) in [4.78, 5) is 4.73. The average Bonchev–Trinajstić information content (AvgIpc) is 3.44. The second-order valence-corrected chi connectivity index (χ2v) is 17.8. The summed E-state index contributed by atoms with van der Waals surface area (Å²) >= 11 is 0. The molecule has 0 atom stereocenters. The number of benzene rings is 12. The highest BCUT2D eigenvalue weighted by Crippen LogP contribution is 2.42. The van der Waals surface area contributed by atoms with Gasteiger partial charge in [-0.2, -0.15) is 0 Å². The van der Waals surface area contributed by atoms with Gasteiger partial charge in [0.1, 0.15) is 0 Å². The Morgan fingerprint density at radius 3 is 0.900 bits per heavy atom. The van der Waals surface area contributed by atoms with Gasteiger partial charge in [0.05, 0.1) is 5.69 Å². The third-order valence-corrected chi connectivity index (χ3v) is 13.5. The van der Waals surface area contributed by atoms with Gasteiger partial charge >= 0.3 is 0 Å². The van der Waals surface area contributed by atoms with Gasteiger partial charge in [-0.3, -0.25) is 0 Å². The molecule has 0 N–H and O–H groups in total. The number of nitrogens with zero attached hydrogens (tertiary/aromatic N) is 2. The van der Waals surface area contributed by atoms with Crippen molar-refractivity contribution in [3.05, 3.63) is 291 Å². The van der Waals surface area contributed by atoms with Crippen LogP contribution in [0.15, 0.2) is 291 Å². The lowest BCUT2D eigenvalue weighted by Gasteiger charge is -2.27. The number of anilines is 6. The summed E-state index contributed by atoms with van der Waals surface area (Å²) in [5, 5.41) is 4.86. The molecule has 12 aromatic rings. The summed E-state index contributed by atoms with van der Waals surface area (Å²) in [5.41, 5.74) is 18.5. The maximum Gasteiger partial charge on any atom is 0.0540 e. The van der Waals surface area contributed by atoms with Crippen molar-refractivity contribution in [3.8, 4) is 55.6 Å². The van der Waals surface area contributed by atoms with Gasteiger partial charge < -0.3 is 9.80 Å². The van der Waals surface area contributed by atoms with E-state index < -0.39 is 0 Å². The third-order valence-electron chi connectivity index (χ3n) is 13.5. The molecule has 0 spiro atoms. The molecule has 0 aliphatic heterocycles. The van der Waals surface area contributed by atoms with Gasteiger partial charge in [-0.05, 0) is 139 Å². The third kappa shape index (κ3) is 8.51. The zero-order valence-corrected chi connectivity index (χ0v) is 38.6. The van der Waals surface area contributed by atoms with Crippen LogP contribution in [0.5, 0.6) is 0 Å². The minimum atomic E-state index is 1.08. The van der Waals surface area contributed by atoms with E-state index in [0.29, 0.717) is 0 Å². The molecule has 330 valence electrons. The summed E-state index contributed by atoms with van der Waals surface area (Å²) < 4.78 is 0. The first-order valence-corrected chi connectivity index (χ1v) is 24.0. The van der Waals surface area contributed by atoms with Crippen LogP contribution in [-0.4, -0.2) is 0 Å². The zero-order chi connectivity index (χ0) is 46.6. The highest BCUT2D eigenvalue weighted by atomic mass is 15.1. The lowest BCUT2D eigenvalue weighted by Crippen LogP contribution is -2.10. The van der Waals surface area contributed by atoms with Crippen molar-refractivity contribution in [2.24, 2.45) is 0 Å². The summed E-state index contributed by atoms with van der Waals surface area (Å²) in [6, 6.07) is 105. The fourth-order valence-corrected chi connectivity index (χ4v) is 9.78. The maximum atomic E-state index is 2.38. The van der Waals surface area contributed by atoms with E-state index in [4.69, 9.17) is 0 Å². The first-order valence-electron chi connectivity index (χ1n) is 24.0. The van der Waals surface area contributed by atoms with Crippen LogP contribution in [0.2, 0.25) is 0 Å². The van der Waals surface area contributed by atoms with Gasteiger partial charge in [0.15, 0.2) is 0 Å². The summed E-state index contributed by atoms with van der Waals surface area (Å²) in [7, 11) is 0. The topological polar surface area (TPSA) is 6.48 Å². The van der Waals surface area contributed by atoms with Crippen molar-refractivity contribution in [1.29, 1.82) is 0 Å². The molecule has 0 aliphatic carbocycles. The predicted molar refractivity (Wildman–Crippen MR) is 298 cm³/mol. The highest BCUT2D eigenvalue weighted by molar-refractivity contribution is 6.00. The normalized spacial score (nSPS) is 11.1. The van der Waals surface area contributed by atoms with E-state index in [9.17, 15) is 0 Å². The van der Waals surface area contributed by atoms with Crippen LogP contribution in [0.1, 0.15) is 0 Å². The summed E-state index contributed by atoms with van der Waals surface area (Å²) in [5.74, 6) is 0. The number of fused-ring (bicyclic) bond motifs is 2. The van der Waals surface area contributed by atoms with Gasteiger partial charge in [-0.25, -0.2) is 0 Å². The van der Waals surface area contributed by atoms with Crippen molar-refractivity contribution < 1.29 is 0 Å². The molecule has 12 aromatic carbocycles. The quantitative estimate of drug-likeness (QED) is 0.128. The zero-order valence-electron chi connectivity index (χ0n) is 38.6. The Morgan fingerprint density at radius 2 is 0.471 bits per heavy atom. The van der Waals surface area contributed by atoms with Crippen LogP contribution in [0.3, 0.4) is 0 Å². The number of hydrogen-bond acceptors (Lipinski definition) is 2. The first-order chi connectivity index (χ1) is 34.7. The Bertz CT molecular complexity index is 3560. The van der Waals surface area contributed by atoms with Gasteiger partial charge in [0.25, 0.3) is 0 Å². The van der Waals surface area contributed by atoms with Crippen LogP contribution in [0.25, 0.3) is 77.2 Å². The van der Waals surface area contributed by atoms with Crippen molar-refractivity contribution in [2.75, 3.05) is 9.80 Å². The highest BCUT2D eigenvalue weighted by Gasteiger charge is 2.18. The lowest BCUT2D eigenvalue weighted by molar-refractivity contribution is 1.28. The molecule has 70 heavy (non-hydrogen) atoms. The smallest absolute Gasteiger partial charge is 0.0540 e. The van der Waals surface area contributed by atoms with Crippen LogP contribution in [-0.2, 0) is 0 Å². The molecule has 0 fully saturated rings. The van der Waals surface area contributed by atoms with Crippen molar-refractivity contribution in [1.82, 2.24) is 0 Å². The first kappa shape index (κ1) is 42.1. The molecule has 0 aromatic heterocycles. The average molecular weight is 893 g/mol. The Balaban J connectivity index is 0.864. The minimum Gasteiger partial charge on any atom is -0.311 e. The van der Waals surface area contributed by atoms with Gasteiger partial charge in [0.2, 0.25) is 0 Å². The van der Waals surface area contributed by atoms with Crippen LogP contribution in [0, 0.1) is 0 Å². The second-order valence-electron chi connectivity index (χ2n) is 17.8. The van der Waals surface area contributed by atoms with Crippen molar-refractivity contribution >= 4 is 55.7 Å². The summed E-state index contributed by atoms with van der Waals surface area (Å²) in [6.07, 6.45) is 0. The largest absolute Gasteiger partial charge is 0.311 e. The maximum absolute atomic E-state index is 2.38. The van der Waals surface area contributed by atoms with E-state index in [-0.39, 0.29) is 0 Å². The molecule has 0 aliphatic rings. The molecule has 0 saturated heterocycles. The van der Waals surface area contributed by atoms with Crippen molar-refractivity contribution in [2.45, 2.75) is 0 Å². The van der Waals surface area contributed by atoms with E-state index >= 15 is 0 Å². The number of rotatable bonds is 11. The van der Waals surface area contributed by atoms with E-state index in [0.717, 1.165) is 45.3 Å². The fourth-order valence-electron chi connectivity index (χ4n) is 9.78. The summed E-state index contributed by atoms with van der Waals surface area (Å²) in [6.45, 7) is 0. The van der Waals surface area contributed by atoms with Gasteiger partial charge in [-0.1, -0.05) is 224 Å². The van der Waals surface area contributed by atoms with E-state index in [1.165, 1.54) is 66.1 Å². The molecule has 0 radical (unpaired) electrons. The monoisotopic (exact) mass is 892 g/mol. The molecule has 0 saturated carbocycles. The molecule has 0 unspecified atom stereocenters. The van der Waals surface area contributed by atoms with Gasteiger partial charge in [0, 0.05) is 33.8 Å². The molecule has 0 amide bonds. The SMILES string of the molecule is c1ccc(-c2ccc(-c3ccc(N(c4ccc(-c5ccc(-c6ccccc6)cc5)cc4)c4ccc(-c5ccc(N(c6ccc7ccccc7c6)c6cccc7ccccc67)cc5)cc4)cc3)cc2)cc1. The Hall–Kier alpha value is -9.24. The Labute approximate surface area is 410 Å². The second kappa shape index (κ2) is 18.8. The Kier molecular flexibility index (Phi) is 11.3. The molecule has 12 rings (SSSR count). The number of hydrogen-bond donors (Lipinski definition) is 0. The molecular weight excluding hydrogens is 845 g/mol. The lowest BCUT2D eigenvalue weighted by atomic mass is 9.99. The minimum absolute atomic E-state index is 1.08. The van der Waals surface area contributed by atoms with E-state index in [1.54, 1.807) is 0 Å². The molecule has 0 bridgehead atoms. The van der Waals surface area contributed by atoms with Crippen LogP contribution in [0.4, 0.5) is 34.1 Å². The standard InChI is InChI=1S/C68H48N2/c1-3-12-49(13-4-1)52-22-26-54(27-23-52)56-30-39-62(40-31-56)69(63-41-32-57(33-42-63)55-28-24-53(25-29-55)50-14-5-2-6-15-50)64-43-34-58(35-44-64)59-36-45-65(46-37-59)70(66-47-38-51-16-7-8-18-61(51)48-66)68-21-11-19-60-17-9-10-20-67(60)68/h1-48H. The molecule has 2 nitrogen and oxygen atoms in total. The Morgan fingerprint density at radius 1 is 0.171 bits per heavy atom. The van der Waals surface area contributed by atoms with Crippen molar-refractivity contribution in [3.63, 3.8) is 0 Å².